The molecule has 0 aliphatic heterocycles. The van der Waals surface area contributed by atoms with Gasteiger partial charge < -0.3 is 4.18 Å². The molecular weight excluding hydrogens is 377 g/mol. The van der Waals surface area contributed by atoms with Crippen molar-refractivity contribution in [1.29, 1.82) is 0 Å². The van der Waals surface area contributed by atoms with E-state index in [0.29, 0.717) is 0 Å². The maximum atomic E-state index is 12.8. The third-order valence-corrected chi connectivity index (χ3v) is 3.85. The number of rotatable bonds is 4. The summed E-state index contributed by atoms with van der Waals surface area (Å²) in [5.41, 5.74) is -11.2. The third-order valence-electron chi connectivity index (χ3n) is 2.17. The molecule has 0 aromatic heterocycles. The van der Waals surface area contributed by atoms with Gasteiger partial charge in [-0.15, -0.1) is 0 Å². The van der Waals surface area contributed by atoms with Crippen molar-refractivity contribution in [3.05, 3.63) is 40.6 Å². The molecule has 1 rings (SSSR count). The van der Waals surface area contributed by atoms with Crippen LogP contribution in [0.15, 0.2) is 29.2 Å². The molecule has 23 heavy (non-hydrogen) atoms. The molecule has 0 aliphatic carbocycles. The van der Waals surface area contributed by atoms with Crippen LogP contribution in [0.2, 0.25) is 0 Å². The van der Waals surface area contributed by atoms with E-state index in [1.165, 1.54) is 0 Å². The summed E-state index contributed by atoms with van der Waals surface area (Å²) in [6, 6.07) is 3.03. The van der Waals surface area contributed by atoms with Gasteiger partial charge in [-0.1, -0.05) is 0 Å². The van der Waals surface area contributed by atoms with Crippen molar-refractivity contribution in [1.82, 2.24) is 0 Å². The van der Waals surface area contributed by atoms with Crippen LogP contribution in [-0.4, -0.2) is 19.4 Å². The summed E-state index contributed by atoms with van der Waals surface area (Å²) in [4.78, 5) is -0.892. The van der Waals surface area contributed by atoms with Crippen LogP contribution >= 0.6 is 11.8 Å². The highest BCUT2D eigenvalue weighted by molar-refractivity contribution is 8.04. The smallest absolute Gasteiger partial charge is 0.375 e. The van der Waals surface area contributed by atoms with E-state index >= 15 is 0 Å². The van der Waals surface area contributed by atoms with Crippen molar-refractivity contribution in [2.75, 3.05) is 0 Å². The monoisotopic (exact) mass is 384 g/mol. The zero-order valence-electron chi connectivity index (χ0n) is 11.0. The van der Waals surface area contributed by atoms with Crippen LogP contribution in [0.5, 0.6) is 0 Å². The van der Waals surface area contributed by atoms with E-state index in [4.69, 9.17) is 0 Å². The van der Waals surface area contributed by atoms with Gasteiger partial charge in [-0.3, -0.25) is 0 Å². The minimum absolute atomic E-state index is 0.464. The molecule has 0 amide bonds. The van der Waals surface area contributed by atoms with Gasteiger partial charge in [-0.25, -0.2) is 4.39 Å². The Morgan fingerprint density at radius 2 is 1.52 bits per heavy atom. The van der Waals surface area contributed by atoms with E-state index in [2.05, 4.69) is 4.18 Å². The van der Waals surface area contributed by atoms with E-state index < -0.39 is 54.9 Å². The molecule has 0 N–H and O–H groups in total. The Morgan fingerprint density at radius 3 is 1.91 bits per heavy atom. The summed E-state index contributed by atoms with van der Waals surface area (Å²) in [5.74, 6) is -2.02. The van der Waals surface area contributed by atoms with Crippen molar-refractivity contribution >= 4 is 27.6 Å². The normalized spacial score (nSPS) is 14.4. The lowest BCUT2D eigenvalue weighted by Gasteiger charge is -2.16. The fraction of sp³-hybridized carbons (Fsp3) is 0.273. The molecular formula is C11H7F7O3S2. The number of hydrogen-bond donors (Lipinski definition) is 0. The molecule has 0 atom stereocenters. The Morgan fingerprint density at radius 1 is 1.04 bits per heavy atom. The topological polar surface area (TPSA) is 43.4 Å². The predicted molar refractivity (Wildman–Crippen MR) is 68.7 cm³/mol. The summed E-state index contributed by atoms with van der Waals surface area (Å²) in [6.07, 6.45) is 0. The molecule has 0 spiro atoms. The van der Waals surface area contributed by atoms with Crippen LogP contribution in [0.3, 0.4) is 0 Å². The van der Waals surface area contributed by atoms with Crippen LogP contribution in [0.1, 0.15) is 12.5 Å². The molecule has 0 saturated heterocycles. The van der Waals surface area contributed by atoms with Crippen molar-refractivity contribution in [3.63, 3.8) is 0 Å². The maximum absolute atomic E-state index is 12.8. The first-order valence-corrected chi connectivity index (χ1v) is 7.69. The predicted octanol–water partition coefficient (Wildman–Crippen LogP) is 4.63. The first kappa shape index (κ1) is 19.6. The van der Waals surface area contributed by atoms with E-state index in [-0.39, 0.29) is 0 Å². The molecule has 0 heterocycles. The van der Waals surface area contributed by atoms with E-state index in [9.17, 15) is 39.2 Å². The summed E-state index contributed by atoms with van der Waals surface area (Å²) < 4.78 is 113. The highest BCUT2D eigenvalue weighted by Gasteiger charge is 2.49. The van der Waals surface area contributed by atoms with Gasteiger partial charge in [0.25, 0.3) is 0 Å². The molecule has 1 aromatic rings. The molecule has 0 aliphatic rings. The zero-order valence-corrected chi connectivity index (χ0v) is 12.6. The first-order chi connectivity index (χ1) is 10.2. The van der Waals surface area contributed by atoms with Gasteiger partial charge in [-0.05, 0) is 43.0 Å². The lowest BCUT2D eigenvalue weighted by molar-refractivity contribution is -0.0509. The molecule has 0 fully saturated rings. The second kappa shape index (κ2) is 6.59. The molecule has 3 nitrogen and oxygen atoms in total. The van der Waals surface area contributed by atoms with Crippen LogP contribution in [0.4, 0.5) is 30.7 Å². The Labute approximate surface area is 130 Å². The molecule has 0 bridgehead atoms. The number of alkyl halides is 6. The standard InChI is InChI=1S/C11H7F7O3S2/c1-6(22-10(13,14)15)9(7-2-4-8(12)5-3-7)21-23(19,20)11(16,17)18/h2-5H,1H3/b9-6+. The Hall–Kier alpha value is -1.43. The molecule has 12 heteroatoms. The molecule has 0 unspecified atom stereocenters. The average molecular weight is 384 g/mol. The number of thioether (sulfide) groups is 1. The van der Waals surface area contributed by atoms with E-state index in [0.717, 1.165) is 31.2 Å². The number of benzene rings is 1. The van der Waals surface area contributed by atoms with Gasteiger partial charge in [0.15, 0.2) is 5.76 Å². The van der Waals surface area contributed by atoms with Crippen LogP contribution < -0.4 is 0 Å². The SMILES string of the molecule is C/C(SC(F)(F)F)=C(\OS(=O)(=O)C(F)(F)F)c1ccc(F)cc1. The van der Waals surface area contributed by atoms with Gasteiger partial charge >= 0.3 is 21.1 Å². The fourth-order valence-electron chi connectivity index (χ4n) is 1.29. The number of halogens is 7. The van der Waals surface area contributed by atoms with Gasteiger partial charge in [0.1, 0.15) is 5.82 Å². The molecule has 1 aromatic carbocycles. The highest BCUT2D eigenvalue weighted by Crippen LogP contribution is 2.41. The second-order valence-electron chi connectivity index (χ2n) is 3.92. The minimum Gasteiger partial charge on any atom is -0.375 e. The van der Waals surface area contributed by atoms with E-state index in [1.54, 1.807) is 0 Å². The van der Waals surface area contributed by atoms with Crippen molar-refractivity contribution in [2.45, 2.75) is 17.9 Å². The maximum Gasteiger partial charge on any atom is 0.534 e. The molecule has 0 radical (unpaired) electrons. The fourth-order valence-corrected chi connectivity index (χ4v) is 2.48. The Bertz CT molecular complexity index is 688. The van der Waals surface area contributed by atoms with Crippen LogP contribution in [0.25, 0.3) is 5.76 Å². The summed E-state index contributed by atoms with van der Waals surface area (Å²) in [6.45, 7) is 0.725. The summed E-state index contributed by atoms with van der Waals surface area (Å²) in [5, 5.41) is 0. The van der Waals surface area contributed by atoms with Crippen molar-refractivity contribution < 1.29 is 43.3 Å². The lowest BCUT2D eigenvalue weighted by Crippen LogP contribution is -2.25. The van der Waals surface area contributed by atoms with Crippen LogP contribution in [-0.2, 0) is 14.3 Å². The van der Waals surface area contributed by atoms with Crippen molar-refractivity contribution in [2.24, 2.45) is 0 Å². The first-order valence-electron chi connectivity index (χ1n) is 5.46. The van der Waals surface area contributed by atoms with Crippen LogP contribution in [0, 0.1) is 5.82 Å². The molecule has 0 saturated carbocycles. The summed E-state index contributed by atoms with van der Waals surface area (Å²) in [7, 11) is -6.19. The average Bonchev–Trinajstić information content (AvgIpc) is 2.33. The van der Waals surface area contributed by atoms with Crippen molar-refractivity contribution in [3.8, 4) is 0 Å². The molecule has 130 valence electrons. The zero-order chi connectivity index (χ0) is 18.1. The summed E-state index contributed by atoms with van der Waals surface area (Å²) >= 11 is -0.856. The van der Waals surface area contributed by atoms with E-state index in [1.807, 2.05) is 0 Å². The lowest BCUT2D eigenvalue weighted by atomic mass is 10.2. The Kier molecular flexibility index (Phi) is 5.62. The minimum atomic E-state index is -6.19. The van der Waals surface area contributed by atoms with Gasteiger partial charge in [0.2, 0.25) is 0 Å². The third kappa shape index (κ3) is 5.61. The Balaban J connectivity index is 3.39. The highest BCUT2D eigenvalue weighted by atomic mass is 32.2. The largest absolute Gasteiger partial charge is 0.534 e. The van der Waals surface area contributed by atoms with Gasteiger partial charge in [0.05, 0.1) is 0 Å². The number of allylic oxidation sites excluding steroid dienone is 1. The van der Waals surface area contributed by atoms with Gasteiger partial charge in [0, 0.05) is 10.5 Å². The van der Waals surface area contributed by atoms with Gasteiger partial charge in [-0.2, -0.15) is 34.8 Å². The number of hydrogen-bond acceptors (Lipinski definition) is 4. The second-order valence-corrected chi connectivity index (χ2v) is 6.74. The quantitative estimate of drug-likeness (QED) is 0.329.